The minimum Gasteiger partial charge on any atom is -0.390 e. The van der Waals surface area contributed by atoms with Crippen LogP contribution in [0.15, 0.2) is 60.7 Å². The van der Waals surface area contributed by atoms with E-state index in [1.807, 2.05) is 43.3 Å². The molecule has 226 valence electrons. The van der Waals surface area contributed by atoms with E-state index in [0.717, 1.165) is 52.4 Å². The van der Waals surface area contributed by atoms with Crippen molar-refractivity contribution in [2.75, 3.05) is 19.6 Å². The maximum absolute atomic E-state index is 13.9. The van der Waals surface area contributed by atoms with Gasteiger partial charge in [0.25, 0.3) is 5.91 Å². The Morgan fingerprint density at radius 3 is 2.32 bits per heavy atom. The molecule has 0 saturated carbocycles. The van der Waals surface area contributed by atoms with Crippen LogP contribution >= 0.6 is 47.4 Å². The van der Waals surface area contributed by atoms with Gasteiger partial charge in [-0.2, -0.15) is 0 Å². The highest BCUT2D eigenvalue weighted by molar-refractivity contribution is 14.1. The Labute approximate surface area is 268 Å². The van der Waals surface area contributed by atoms with E-state index in [4.69, 9.17) is 0 Å². The summed E-state index contributed by atoms with van der Waals surface area (Å²) in [4.78, 5) is 15.7. The number of rotatable bonds is 14. The number of nitrogens with zero attached hydrogens (tertiary/aromatic N) is 1. The van der Waals surface area contributed by atoms with Crippen molar-refractivity contribution in [1.82, 2.24) is 15.5 Å². The molecule has 0 saturated heterocycles. The first kappa shape index (κ1) is 37.2. The number of halogens is 5. The highest BCUT2D eigenvalue weighted by atomic mass is 127. The average Bonchev–Trinajstić information content (AvgIpc) is 2.87. The van der Waals surface area contributed by atoms with E-state index in [1.165, 1.54) is 12.1 Å². The van der Waals surface area contributed by atoms with Crippen molar-refractivity contribution in [2.24, 2.45) is 0 Å². The summed E-state index contributed by atoms with van der Waals surface area (Å²) in [6.45, 7) is 9.56. The van der Waals surface area contributed by atoms with Crippen LogP contribution in [0.4, 0.5) is 8.78 Å². The number of amides is 1. The Balaban J connectivity index is 0.00000420. The molecule has 0 heterocycles. The normalized spacial score (nSPS) is 12.3. The van der Waals surface area contributed by atoms with E-state index in [0.29, 0.717) is 17.7 Å². The van der Waals surface area contributed by atoms with Gasteiger partial charge >= 0.3 is 0 Å². The van der Waals surface area contributed by atoms with Gasteiger partial charge in [0.1, 0.15) is 11.6 Å². The van der Waals surface area contributed by atoms with Gasteiger partial charge in [0.15, 0.2) is 0 Å². The maximum atomic E-state index is 13.9. The molecule has 2 atom stereocenters. The van der Waals surface area contributed by atoms with Gasteiger partial charge in [-0.15, -0.1) is 24.8 Å². The minimum atomic E-state index is -0.993. The fourth-order valence-electron chi connectivity index (χ4n) is 4.68. The maximum Gasteiger partial charge on any atom is 0.251 e. The molecule has 5 nitrogen and oxygen atoms in total. The number of carbonyl (C=O) groups is 1. The second-order valence-electron chi connectivity index (χ2n) is 9.97. The third kappa shape index (κ3) is 12.5. The summed E-state index contributed by atoms with van der Waals surface area (Å²) in [5.74, 6) is -1.73. The summed E-state index contributed by atoms with van der Waals surface area (Å²) in [6.07, 6.45) is 0.128. The highest BCUT2D eigenvalue weighted by Gasteiger charge is 2.23. The number of hydrogen-bond donors (Lipinski definition) is 3. The van der Waals surface area contributed by atoms with Crippen LogP contribution in [0.3, 0.4) is 0 Å². The summed E-state index contributed by atoms with van der Waals surface area (Å²) < 4.78 is 28.9. The van der Waals surface area contributed by atoms with Crippen molar-refractivity contribution >= 4 is 53.3 Å². The van der Waals surface area contributed by atoms with Gasteiger partial charge in [0.05, 0.1) is 12.1 Å². The van der Waals surface area contributed by atoms with Crippen molar-refractivity contribution in [1.29, 1.82) is 0 Å². The van der Waals surface area contributed by atoms with E-state index < -0.39 is 23.8 Å². The van der Waals surface area contributed by atoms with Gasteiger partial charge < -0.3 is 15.7 Å². The second-order valence-corrected chi connectivity index (χ2v) is 11.2. The molecule has 0 unspecified atom stereocenters. The topological polar surface area (TPSA) is 64.6 Å². The number of carbonyl (C=O) groups excluding carboxylic acids is 1. The first-order valence-corrected chi connectivity index (χ1v) is 14.5. The lowest BCUT2D eigenvalue weighted by Gasteiger charge is -2.25. The average molecular weight is 722 g/mol. The second kappa shape index (κ2) is 18.7. The zero-order valence-electron chi connectivity index (χ0n) is 23.6. The molecule has 3 aromatic carbocycles. The third-order valence-electron chi connectivity index (χ3n) is 6.52. The zero-order valence-corrected chi connectivity index (χ0v) is 27.4. The van der Waals surface area contributed by atoms with Crippen LogP contribution in [0.2, 0.25) is 0 Å². The SMILES string of the molecule is CCCN(CC)Cc1cc(C)cc(C(=O)N[C@@H](Cc2cc(F)cc(F)c2)[C@@H](O)CNCc2cccc(I)c2)c1.Cl.Cl. The van der Waals surface area contributed by atoms with Gasteiger partial charge in [-0.1, -0.05) is 37.6 Å². The molecule has 0 aliphatic carbocycles. The van der Waals surface area contributed by atoms with Crippen LogP contribution in [0.5, 0.6) is 0 Å². The van der Waals surface area contributed by atoms with Crippen molar-refractivity contribution in [2.45, 2.75) is 58.8 Å². The summed E-state index contributed by atoms with van der Waals surface area (Å²) in [5, 5.41) is 17.3. The van der Waals surface area contributed by atoms with Gasteiger partial charge in [0.2, 0.25) is 0 Å². The quantitative estimate of drug-likeness (QED) is 0.168. The number of benzene rings is 3. The molecule has 10 heteroatoms. The zero-order chi connectivity index (χ0) is 28.4. The third-order valence-corrected chi connectivity index (χ3v) is 7.19. The van der Waals surface area contributed by atoms with Crippen LogP contribution in [0, 0.1) is 22.1 Å². The van der Waals surface area contributed by atoms with Gasteiger partial charge in [-0.05, 0) is 109 Å². The number of aliphatic hydroxyl groups excluding tert-OH is 1. The number of hydrogen-bond acceptors (Lipinski definition) is 4. The molecule has 0 aromatic heterocycles. The lowest BCUT2D eigenvalue weighted by molar-refractivity contribution is 0.0829. The summed E-state index contributed by atoms with van der Waals surface area (Å²) in [5.41, 5.74) is 3.93. The molecule has 0 bridgehead atoms. The van der Waals surface area contributed by atoms with Gasteiger partial charge in [-0.3, -0.25) is 9.69 Å². The number of nitrogens with one attached hydrogen (secondary N) is 2. The van der Waals surface area contributed by atoms with E-state index in [9.17, 15) is 18.7 Å². The molecule has 0 radical (unpaired) electrons. The Bertz CT molecular complexity index is 1230. The van der Waals surface area contributed by atoms with E-state index in [-0.39, 0.29) is 43.7 Å². The van der Waals surface area contributed by atoms with Crippen molar-refractivity contribution in [3.63, 3.8) is 0 Å². The predicted molar refractivity (Wildman–Crippen MR) is 175 cm³/mol. The van der Waals surface area contributed by atoms with E-state index in [1.54, 1.807) is 0 Å². The van der Waals surface area contributed by atoms with Crippen LogP contribution in [-0.4, -0.2) is 47.7 Å². The standard InChI is InChI=1S/C31H38F2IN3O2.2ClH/c1-4-9-37(5-2)20-24-10-21(3)11-25(12-24)31(39)36-29(16-23-13-26(32)17-27(33)14-23)30(38)19-35-18-22-7-6-8-28(34)15-22;;/h6-8,10-15,17,29-30,35,38H,4-5,9,16,18-20H2,1-3H3,(H,36,39);2*1H/t29-,30-;;/m0../s1. The summed E-state index contributed by atoms with van der Waals surface area (Å²) in [6, 6.07) is 16.3. The molecule has 0 aliphatic heterocycles. The first-order chi connectivity index (χ1) is 18.7. The largest absolute Gasteiger partial charge is 0.390 e. The van der Waals surface area contributed by atoms with Crippen molar-refractivity contribution < 1.29 is 18.7 Å². The lowest BCUT2D eigenvalue weighted by atomic mass is 9.99. The molecule has 1 amide bonds. The molecule has 3 aromatic rings. The lowest BCUT2D eigenvalue weighted by Crippen LogP contribution is -2.48. The van der Waals surface area contributed by atoms with Crippen LogP contribution in [0.1, 0.15) is 52.9 Å². The van der Waals surface area contributed by atoms with E-state index >= 15 is 0 Å². The monoisotopic (exact) mass is 721 g/mol. The summed E-state index contributed by atoms with van der Waals surface area (Å²) >= 11 is 2.25. The minimum absolute atomic E-state index is 0. The van der Waals surface area contributed by atoms with Crippen LogP contribution in [0.25, 0.3) is 0 Å². The Morgan fingerprint density at radius 1 is 0.976 bits per heavy atom. The molecule has 3 rings (SSSR count). The molecule has 0 spiro atoms. The Hall–Kier alpha value is -1.82. The molecule has 3 N–H and O–H groups in total. The van der Waals surface area contributed by atoms with Crippen molar-refractivity contribution in [3.05, 3.63) is 104 Å². The molecular formula is C31H40Cl2F2IN3O2. The summed E-state index contributed by atoms with van der Waals surface area (Å²) in [7, 11) is 0. The van der Waals surface area contributed by atoms with Gasteiger partial charge in [0, 0.05) is 34.8 Å². The Kier molecular flexibility index (Phi) is 16.9. The van der Waals surface area contributed by atoms with Crippen LogP contribution < -0.4 is 10.6 Å². The Morgan fingerprint density at radius 2 is 1.68 bits per heavy atom. The molecule has 41 heavy (non-hydrogen) atoms. The first-order valence-electron chi connectivity index (χ1n) is 13.4. The highest BCUT2D eigenvalue weighted by Crippen LogP contribution is 2.16. The molecule has 0 fully saturated rings. The fourth-order valence-corrected chi connectivity index (χ4v) is 5.29. The van der Waals surface area contributed by atoms with Gasteiger partial charge in [-0.25, -0.2) is 8.78 Å². The smallest absolute Gasteiger partial charge is 0.251 e. The van der Waals surface area contributed by atoms with Crippen LogP contribution in [-0.2, 0) is 19.5 Å². The van der Waals surface area contributed by atoms with E-state index in [2.05, 4.69) is 58.0 Å². The number of aryl methyl sites for hydroxylation is 1. The molecule has 0 aliphatic rings. The number of aliphatic hydroxyl groups is 1. The predicted octanol–water partition coefficient (Wildman–Crippen LogP) is 6.45. The molecular weight excluding hydrogens is 682 g/mol. The van der Waals surface area contributed by atoms with Crippen molar-refractivity contribution in [3.8, 4) is 0 Å². The fraction of sp³-hybridized carbons (Fsp3) is 0.387.